The third-order valence-electron chi connectivity index (χ3n) is 3.96. The van der Waals surface area contributed by atoms with Crippen molar-refractivity contribution in [2.45, 2.75) is 45.6 Å². The van der Waals surface area contributed by atoms with Crippen LogP contribution in [0.25, 0.3) is 0 Å². The van der Waals surface area contributed by atoms with E-state index in [4.69, 9.17) is 15.7 Å². The van der Waals surface area contributed by atoms with Crippen molar-refractivity contribution in [2.24, 2.45) is 22.7 Å². The first-order valence-corrected chi connectivity index (χ1v) is 7.33. The maximum Gasteiger partial charge on any atom is 0.233 e. The number of oxime groups is 1. The Balaban J connectivity index is 2.82. The van der Waals surface area contributed by atoms with E-state index >= 15 is 0 Å². The third kappa shape index (κ3) is 4.37. The monoisotopic (exact) mass is 285 g/mol. The second-order valence-corrected chi connectivity index (χ2v) is 5.47. The number of nitrogens with zero attached hydrogens (tertiary/aromatic N) is 2. The first-order chi connectivity index (χ1) is 9.56. The Morgan fingerprint density at radius 3 is 2.65 bits per heavy atom. The molecule has 1 aliphatic carbocycles. The van der Waals surface area contributed by atoms with Crippen LogP contribution in [0.15, 0.2) is 5.16 Å². The summed E-state index contributed by atoms with van der Waals surface area (Å²) in [6.45, 7) is 5.10. The lowest BCUT2D eigenvalue weighted by atomic mass is 9.99. The fraction of sp³-hybridized carbons (Fsp3) is 0.857. The number of amidine groups is 1. The van der Waals surface area contributed by atoms with Gasteiger partial charge in [-0.25, -0.2) is 0 Å². The van der Waals surface area contributed by atoms with Crippen molar-refractivity contribution in [1.29, 1.82) is 0 Å². The Morgan fingerprint density at radius 2 is 2.20 bits per heavy atom. The van der Waals surface area contributed by atoms with Gasteiger partial charge in [0.2, 0.25) is 5.91 Å². The first-order valence-electron chi connectivity index (χ1n) is 7.33. The minimum atomic E-state index is -0.539. The Hall–Kier alpha value is -1.30. The van der Waals surface area contributed by atoms with Gasteiger partial charge in [0.05, 0.1) is 12.5 Å². The molecule has 2 atom stereocenters. The molecule has 2 unspecified atom stereocenters. The van der Waals surface area contributed by atoms with E-state index in [9.17, 15) is 4.79 Å². The zero-order valence-corrected chi connectivity index (χ0v) is 12.7. The second-order valence-electron chi connectivity index (χ2n) is 5.47. The summed E-state index contributed by atoms with van der Waals surface area (Å²) in [5, 5.41) is 11.9. The number of amides is 1. The lowest BCUT2D eigenvalue weighted by Crippen LogP contribution is -2.48. The van der Waals surface area contributed by atoms with Gasteiger partial charge in [-0.05, 0) is 32.1 Å². The molecule has 1 amide bonds. The van der Waals surface area contributed by atoms with Gasteiger partial charge in [0.15, 0.2) is 5.84 Å². The quantitative estimate of drug-likeness (QED) is 0.290. The summed E-state index contributed by atoms with van der Waals surface area (Å²) in [4.78, 5) is 14.5. The molecule has 0 aliphatic heterocycles. The second kappa shape index (κ2) is 8.09. The van der Waals surface area contributed by atoms with E-state index in [0.29, 0.717) is 25.5 Å². The summed E-state index contributed by atoms with van der Waals surface area (Å²) >= 11 is 0. The molecule has 6 heteroatoms. The van der Waals surface area contributed by atoms with Crippen LogP contribution in [-0.2, 0) is 9.53 Å². The SMILES string of the molecule is CCCC(C(=O)N(CCOC)C(C)C1CC1)C(N)=NO. The number of carbonyl (C=O) groups excluding carboxylic acids is 1. The molecule has 0 bridgehead atoms. The highest BCUT2D eigenvalue weighted by atomic mass is 16.5. The van der Waals surface area contributed by atoms with Crippen LogP contribution in [0.1, 0.15) is 39.5 Å². The van der Waals surface area contributed by atoms with Gasteiger partial charge in [0.1, 0.15) is 0 Å². The number of methoxy groups -OCH3 is 1. The van der Waals surface area contributed by atoms with Crippen LogP contribution >= 0.6 is 0 Å². The third-order valence-corrected chi connectivity index (χ3v) is 3.96. The Morgan fingerprint density at radius 1 is 1.55 bits per heavy atom. The molecule has 0 saturated heterocycles. The van der Waals surface area contributed by atoms with Gasteiger partial charge >= 0.3 is 0 Å². The van der Waals surface area contributed by atoms with E-state index in [1.54, 1.807) is 7.11 Å². The fourth-order valence-corrected chi connectivity index (χ4v) is 2.49. The highest BCUT2D eigenvalue weighted by Crippen LogP contribution is 2.35. The van der Waals surface area contributed by atoms with Crippen LogP contribution in [0.2, 0.25) is 0 Å². The van der Waals surface area contributed by atoms with Crippen LogP contribution in [0, 0.1) is 11.8 Å². The van der Waals surface area contributed by atoms with Crippen molar-refractivity contribution in [3.63, 3.8) is 0 Å². The molecule has 0 spiro atoms. The van der Waals surface area contributed by atoms with E-state index in [-0.39, 0.29) is 17.8 Å². The van der Waals surface area contributed by atoms with Crippen molar-refractivity contribution in [2.75, 3.05) is 20.3 Å². The van der Waals surface area contributed by atoms with Crippen LogP contribution < -0.4 is 5.73 Å². The standard InChI is InChI=1S/C14H27N3O3/c1-4-5-12(13(15)16-19)14(18)17(8-9-20-3)10(2)11-6-7-11/h10-12,19H,4-9H2,1-3H3,(H2,15,16). The lowest BCUT2D eigenvalue weighted by molar-refractivity contribution is -0.136. The Labute approximate surface area is 120 Å². The van der Waals surface area contributed by atoms with Crippen molar-refractivity contribution < 1.29 is 14.7 Å². The van der Waals surface area contributed by atoms with Gasteiger partial charge < -0.3 is 20.6 Å². The summed E-state index contributed by atoms with van der Waals surface area (Å²) in [6.07, 6.45) is 3.73. The average Bonchev–Trinajstić information content (AvgIpc) is 3.28. The van der Waals surface area contributed by atoms with Crippen molar-refractivity contribution in [3.05, 3.63) is 0 Å². The number of hydrogen-bond acceptors (Lipinski definition) is 4. The summed E-state index contributed by atoms with van der Waals surface area (Å²) < 4.78 is 5.09. The first kappa shape index (κ1) is 16.8. The Bertz CT molecular complexity index is 343. The van der Waals surface area contributed by atoms with Crippen LogP contribution in [0.5, 0.6) is 0 Å². The van der Waals surface area contributed by atoms with Gasteiger partial charge in [0.25, 0.3) is 0 Å². The highest BCUT2D eigenvalue weighted by molar-refractivity contribution is 6.02. The van der Waals surface area contributed by atoms with E-state index < -0.39 is 5.92 Å². The molecular formula is C14H27N3O3. The van der Waals surface area contributed by atoms with Crippen LogP contribution in [0.3, 0.4) is 0 Å². The number of ether oxygens (including phenoxy) is 1. The van der Waals surface area contributed by atoms with Crippen molar-refractivity contribution in [1.82, 2.24) is 4.90 Å². The summed E-state index contributed by atoms with van der Waals surface area (Å²) in [5.41, 5.74) is 5.68. The molecule has 6 nitrogen and oxygen atoms in total. The van der Waals surface area contributed by atoms with Gasteiger partial charge in [-0.3, -0.25) is 4.79 Å². The summed E-state index contributed by atoms with van der Waals surface area (Å²) in [5.74, 6) is -0.0192. The zero-order chi connectivity index (χ0) is 15.1. The molecular weight excluding hydrogens is 258 g/mol. The predicted molar refractivity (Wildman–Crippen MR) is 77.6 cm³/mol. The molecule has 116 valence electrons. The molecule has 3 N–H and O–H groups in total. The topological polar surface area (TPSA) is 88.2 Å². The maximum absolute atomic E-state index is 12.7. The minimum Gasteiger partial charge on any atom is -0.409 e. The van der Waals surface area contributed by atoms with E-state index in [0.717, 1.165) is 6.42 Å². The van der Waals surface area contributed by atoms with E-state index in [2.05, 4.69) is 12.1 Å². The molecule has 1 saturated carbocycles. The van der Waals surface area contributed by atoms with Crippen LogP contribution in [-0.4, -0.2) is 48.2 Å². The molecule has 0 heterocycles. The molecule has 1 fully saturated rings. The van der Waals surface area contributed by atoms with Crippen LogP contribution in [0.4, 0.5) is 0 Å². The van der Waals surface area contributed by atoms with Crippen molar-refractivity contribution >= 4 is 11.7 Å². The molecule has 1 rings (SSSR count). The van der Waals surface area contributed by atoms with E-state index in [1.165, 1.54) is 12.8 Å². The van der Waals surface area contributed by atoms with Gasteiger partial charge in [0, 0.05) is 19.7 Å². The number of carbonyl (C=O) groups is 1. The zero-order valence-electron chi connectivity index (χ0n) is 12.7. The number of nitrogens with two attached hydrogens (primary N) is 1. The summed E-state index contributed by atoms with van der Waals surface area (Å²) in [7, 11) is 1.62. The fourth-order valence-electron chi connectivity index (χ4n) is 2.49. The van der Waals surface area contributed by atoms with Gasteiger partial charge in [-0.1, -0.05) is 18.5 Å². The molecule has 0 aromatic heterocycles. The molecule has 20 heavy (non-hydrogen) atoms. The number of hydrogen-bond donors (Lipinski definition) is 2. The average molecular weight is 285 g/mol. The molecule has 0 aromatic rings. The van der Waals surface area contributed by atoms with Gasteiger partial charge in [-0.15, -0.1) is 0 Å². The normalized spacial score (nSPS) is 18.6. The maximum atomic E-state index is 12.7. The minimum absolute atomic E-state index is 0.00210. The predicted octanol–water partition coefficient (Wildman–Crippen LogP) is 1.42. The Kier molecular flexibility index (Phi) is 6.78. The molecule has 0 radical (unpaired) electrons. The lowest BCUT2D eigenvalue weighted by Gasteiger charge is -2.32. The number of rotatable bonds is 9. The van der Waals surface area contributed by atoms with E-state index in [1.807, 2.05) is 11.8 Å². The highest BCUT2D eigenvalue weighted by Gasteiger charge is 2.37. The summed E-state index contributed by atoms with van der Waals surface area (Å²) in [6, 6.07) is 0.184. The van der Waals surface area contributed by atoms with Gasteiger partial charge in [-0.2, -0.15) is 0 Å². The smallest absolute Gasteiger partial charge is 0.233 e. The van der Waals surface area contributed by atoms with Crippen molar-refractivity contribution in [3.8, 4) is 0 Å². The molecule has 1 aliphatic rings. The molecule has 0 aromatic carbocycles. The largest absolute Gasteiger partial charge is 0.409 e.